The Morgan fingerprint density at radius 1 is 1.42 bits per heavy atom. The van der Waals surface area contributed by atoms with Crippen molar-refractivity contribution < 1.29 is 8.42 Å². The predicted octanol–water partition coefficient (Wildman–Crippen LogP) is 2.48. The minimum atomic E-state index is -2.90. The number of hydrogen-bond donors (Lipinski definition) is 2. The molecule has 0 saturated carbocycles. The number of hydrazine groups is 1. The van der Waals surface area contributed by atoms with Crippen LogP contribution in [0.4, 0.5) is 0 Å². The molecule has 3 N–H and O–H groups in total. The summed E-state index contributed by atoms with van der Waals surface area (Å²) < 4.78 is 24.0. The fraction of sp³-hybridized carbons (Fsp3) is 0.538. The molecule has 0 radical (unpaired) electrons. The van der Waals surface area contributed by atoms with Crippen LogP contribution in [0.3, 0.4) is 0 Å². The smallest absolute Gasteiger partial charge is 0.150 e. The van der Waals surface area contributed by atoms with Crippen molar-refractivity contribution in [2.45, 2.75) is 32.7 Å². The van der Waals surface area contributed by atoms with Crippen LogP contribution in [0.2, 0.25) is 0 Å². The van der Waals surface area contributed by atoms with Crippen LogP contribution in [0.15, 0.2) is 22.7 Å². The van der Waals surface area contributed by atoms with E-state index in [1.165, 1.54) is 0 Å². The molecule has 1 aromatic carbocycles. The van der Waals surface area contributed by atoms with Gasteiger partial charge in [-0.05, 0) is 30.9 Å². The van der Waals surface area contributed by atoms with Gasteiger partial charge in [0.2, 0.25) is 0 Å². The van der Waals surface area contributed by atoms with E-state index in [0.29, 0.717) is 12.8 Å². The molecule has 0 heterocycles. The lowest BCUT2D eigenvalue weighted by molar-refractivity contribution is 0.505. The van der Waals surface area contributed by atoms with Crippen molar-refractivity contribution in [1.29, 1.82) is 0 Å². The maximum absolute atomic E-state index is 11.5. The predicted molar refractivity (Wildman–Crippen MR) is 82.5 cm³/mol. The minimum Gasteiger partial charge on any atom is -0.271 e. The Balaban J connectivity index is 2.71. The summed E-state index contributed by atoms with van der Waals surface area (Å²) in [5.74, 6) is 6.00. The molecule has 0 fully saturated rings. The molecule has 0 spiro atoms. The summed E-state index contributed by atoms with van der Waals surface area (Å²) in [5, 5.41) is 0. The molecule has 6 heteroatoms. The highest BCUT2D eigenvalue weighted by Crippen LogP contribution is 2.28. The van der Waals surface area contributed by atoms with Crippen LogP contribution in [0.25, 0.3) is 0 Å². The first kappa shape index (κ1) is 16.6. The second kappa shape index (κ2) is 7.38. The van der Waals surface area contributed by atoms with Crippen molar-refractivity contribution in [2.75, 3.05) is 11.5 Å². The van der Waals surface area contributed by atoms with Crippen LogP contribution < -0.4 is 11.3 Å². The summed E-state index contributed by atoms with van der Waals surface area (Å²) in [6, 6.07) is 5.95. The SMILES string of the molecule is CCS(=O)(=O)CCCC(NN)c1cccc(C)c1Br. The van der Waals surface area contributed by atoms with E-state index < -0.39 is 9.84 Å². The molecule has 1 rings (SSSR count). The molecule has 0 aliphatic heterocycles. The molecule has 0 aliphatic rings. The Labute approximate surface area is 123 Å². The molecule has 1 unspecified atom stereocenters. The topological polar surface area (TPSA) is 72.2 Å². The van der Waals surface area contributed by atoms with Crippen molar-refractivity contribution in [3.63, 3.8) is 0 Å². The second-order valence-electron chi connectivity index (χ2n) is 4.58. The fourth-order valence-corrected chi connectivity index (χ4v) is 3.36. The van der Waals surface area contributed by atoms with Gasteiger partial charge in [-0.1, -0.05) is 41.1 Å². The highest BCUT2D eigenvalue weighted by molar-refractivity contribution is 9.10. The van der Waals surface area contributed by atoms with Gasteiger partial charge >= 0.3 is 0 Å². The molecule has 0 aliphatic carbocycles. The molecule has 1 atom stereocenters. The van der Waals surface area contributed by atoms with Crippen molar-refractivity contribution in [3.8, 4) is 0 Å². The maximum atomic E-state index is 11.5. The number of nitrogens with two attached hydrogens (primary N) is 1. The van der Waals surface area contributed by atoms with Gasteiger partial charge in [0.25, 0.3) is 0 Å². The van der Waals surface area contributed by atoms with Crippen LogP contribution >= 0.6 is 15.9 Å². The molecule has 0 amide bonds. The van der Waals surface area contributed by atoms with E-state index in [1.54, 1.807) is 6.92 Å². The van der Waals surface area contributed by atoms with Crippen molar-refractivity contribution >= 4 is 25.8 Å². The Kier molecular flexibility index (Phi) is 6.46. The first-order valence-electron chi connectivity index (χ1n) is 6.33. The zero-order valence-corrected chi connectivity index (χ0v) is 13.7. The van der Waals surface area contributed by atoms with Crippen molar-refractivity contribution in [3.05, 3.63) is 33.8 Å². The number of rotatable bonds is 7. The lowest BCUT2D eigenvalue weighted by Gasteiger charge is -2.18. The standard InChI is InChI=1S/C13H21BrN2O2S/c1-3-19(17,18)9-5-8-12(16-15)11-7-4-6-10(2)13(11)14/h4,6-7,12,16H,3,5,8-9,15H2,1-2H3. The number of hydrogen-bond acceptors (Lipinski definition) is 4. The average molecular weight is 349 g/mol. The second-order valence-corrected chi connectivity index (χ2v) is 7.84. The van der Waals surface area contributed by atoms with E-state index in [2.05, 4.69) is 21.4 Å². The summed E-state index contributed by atoms with van der Waals surface area (Å²) in [5.41, 5.74) is 4.97. The van der Waals surface area contributed by atoms with Gasteiger partial charge in [-0.15, -0.1) is 0 Å². The van der Waals surface area contributed by atoms with Gasteiger partial charge in [0.15, 0.2) is 0 Å². The van der Waals surface area contributed by atoms with E-state index in [1.807, 2.05) is 25.1 Å². The molecule has 0 aromatic heterocycles. The molecule has 4 nitrogen and oxygen atoms in total. The van der Waals surface area contributed by atoms with Gasteiger partial charge in [-0.2, -0.15) is 0 Å². The third kappa shape index (κ3) is 4.87. The highest BCUT2D eigenvalue weighted by atomic mass is 79.9. The fourth-order valence-electron chi connectivity index (χ4n) is 1.92. The lowest BCUT2D eigenvalue weighted by Crippen LogP contribution is -2.29. The summed E-state index contributed by atoms with van der Waals surface area (Å²) in [6.07, 6.45) is 1.29. The third-order valence-electron chi connectivity index (χ3n) is 3.19. The Bertz CT molecular complexity index is 517. The normalized spacial score (nSPS) is 13.5. The van der Waals surface area contributed by atoms with Crippen LogP contribution in [0.5, 0.6) is 0 Å². The van der Waals surface area contributed by atoms with Gasteiger partial charge in [0.05, 0.1) is 5.75 Å². The molecule has 0 bridgehead atoms. The maximum Gasteiger partial charge on any atom is 0.150 e. The monoisotopic (exact) mass is 348 g/mol. The van der Waals surface area contributed by atoms with E-state index >= 15 is 0 Å². The van der Waals surface area contributed by atoms with Gasteiger partial charge in [0, 0.05) is 16.3 Å². The van der Waals surface area contributed by atoms with Crippen molar-refractivity contribution in [2.24, 2.45) is 5.84 Å². The molecular weight excluding hydrogens is 328 g/mol. The molecule has 1 aromatic rings. The first-order chi connectivity index (χ1) is 8.91. The molecule has 0 saturated heterocycles. The zero-order chi connectivity index (χ0) is 14.5. The van der Waals surface area contributed by atoms with Crippen LogP contribution in [0.1, 0.15) is 36.9 Å². The van der Waals surface area contributed by atoms with E-state index in [-0.39, 0.29) is 17.5 Å². The van der Waals surface area contributed by atoms with Crippen LogP contribution in [-0.4, -0.2) is 19.9 Å². The van der Waals surface area contributed by atoms with E-state index in [0.717, 1.165) is 15.6 Å². The molecule has 108 valence electrons. The van der Waals surface area contributed by atoms with Crippen molar-refractivity contribution in [1.82, 2.24) is 5.43 Å². The highest BCUT2D eigenvalue weighted by Gasteiger charge is 2.15. The van der Waals surface area contributed by atoms with E-state index in [9.17, 15) is 8.42 Å². The van der Waals surface area contributed by atoms with Gasteiger partial charge in [0.1, 0.15) is 9.84 Å². The number of sulfone groups is 1. The number of halogens is 1. The number of nitrogens with one attached hydrogen (secondary N) is 1. The Morgan fingerprint density at radius 3 is 2.68 bits per heavy atom. The summed E-state index contributed by atoms with van der Waals surface area (Å²) in [6.45, 7) is 3.69. The molecular formula is C13H21BrN2O2S. The summed E-state index contributed by atoms with van der Waals surface area (Å²) in [4.78, 5) is 0. The number of aryl methyl sites for hydroxylation is 1. The van der Waals surface area contributed by atoms with Gasteiger partial charge < -0.3 is 0 Å². The van der Waals surface area contributed by atoms with Gasteiger partial charge in [-0.3, -0.25) is 11.3 Å². The van der Waals surface area contributed by atoms with Crippen LogP contribution in [0, 0.1) is 6.92 Å². The Hall–Kier alpha value is -0.430. The minimum absolute atomic E-state index is 0.0404. The summed E-state index contributed by atoms with van der Waals surface area (Å²) >= 11 is 3.55. The Morgan fingerprint density at radius 2 is 2.11 bits per heavy atom. The lowest BCUT2D eigenvalue weighted by atomic mass is 10.0. The third-order valence-corrected chi connectivity index (χ3v) is 6.06. The zero-order valence-electron chi connectivity index (χ0n) is 11.3. The quantitative estimate of drug-likeness (QED) is 0.586. The van der Waals surface area contributed by atoms with E-state index in [4.69, 9.17) is 5.84 Å². The summed E-state index contributed by atoms with van der Waals surface area (Å²) in [7, 11) is -2.90. The molecule has 19 heavy (non-hydrogen) atoms. The first-order valence-corrected chi connectivity index (χ1v) is 8.94. The van der Waals surface area contributed by atoms with Gasteiger partial charge in [-0.25, -0.2) is 8.42 Å². The number of benzene rings is 1. The van der Waals surface area contributed by atoms with Crippen LogP contribution in [-0.2, 0) is 9.84 Å². The average Bonchev–Trinajstić information content (AvgIpc) is 2.38. The largest absolute Gasteiger partial charge is 0.271 e.